The Balaban J connectivity index is 1.84. The summed E-state index contributed by atoms with van der Waals surface area (Å²) >= 11 is 20.1. The van der Waals surface area contributed by atoms with Crippen LogP contribution >= 0.6 is 46.6 Å². The standard InChI is InChI=1S/C28H29Cl3N2O2S/c1-2-15-32-28(35)26(16-20-7-4-3-5-8-20)33(17-21-11-13-22(29)14-12-21)27(34)19-36-18-23-24(30)9-6-10-25(23)31/h3-14,26H,2,15-19H2,1H3,(H,32,35). The average molecular weight is 564 g/mol. The molecule has 1 atom stereocenters. The number of amides is 2. The minimum atomic E-state index is -0.661. The highest BCUT2D eigenvalue weighted by Crippen LogP contribution is 2.28. The van der Waals surface area contributed by atoms with E-state index >= 15 is 0 Å². The fourth-order valence-corrected chi connectivity index (χ4v) is 5.47. The SMILES string of the molecule is CCCNC(=O)C(Cc1ccccc1)N(Cc1ccc(Cl)cc1)C(=O)CSCc1c(Cl)cccc1Cl. The number of nitrogens with zero attached hydrogens (tertiary/aromatic N) is 1. The first-order valence-corrected chi connectivity index (χ1v) is 14.0. The van der Waals surface area contributed by atoms with Gasteiger partial charge in [-0.2, -0.15) is 0 Å². The predicted octanol–water partition coefficient (Wildman–Crippen LogP) is 7.05. The molecule has 0 saturated carbocycles. The van der Waals surface area contributed by atoms with Crippen molar-refractivity contribution in [2.45, 2.75) is 38.1 Å². The van der Waals surface area contributed by atoms with E-state index in [1.165, 1.54) is 11.8 Å². The Kier molecular flexibility index (Phi) is 11.5. The summed E-state index contributed by atoms with van der Waals surface area (Å²) in [5.74, 6) is 0.374. The van der Waals surface area contributed by atoms with Crippen molar-refractivity contribution in [3.8, 4) is 0 Å². The van der Waals surface area contributed by atoms with E-state index in [0.29, 0.717) is 40.3 Å². The molecule has 0 heterocycles. The van der Waals surface area contributed by atoms with E-state index in [-0.39, 0.29) is 17.6 Å². The summed E-state index contributed by atoms with van der Waals surface area (Å²) in [6.45, 7) is 2.84. The van der Waals surface area contributed by atoms with E-state index in [4.69, 9.17) is 34.8 Å². The van der Waals surface area contributed by atoms with Gasteiger partial charge in [0.1, 0.15) is 6.04 Å². The molecule has 3 aromatic rings. The summed E-state index contributed by atoms with van der Waals surface area (Å²) in [6, 6.07) is 21.8. The Morgan fingerprint density at radius 2 is 1.56 bits per heavy atom. The molecule has 0 radical (unpaired) electrons. The number of hydrogen-bond donors (Lipinski definition) is 1. The molecule has 0 spiro atoms. The smallest absolute Gasteiger partial charge is 0.243 e. The van der Waals surface area contributed by atoms with Crippen molar-refractivity contribution in [3.63, 3.8) is 0 Å². The number of hydrogen-bond acceptors (Lipinski definition) is 3. The van der Waals surface area contributed by atoms with Crippen LogP contribution in [0.4, 0.5) is 0 Å². The largest absolute Gasteiger partial charge is 0.354 e. The van der Waals surface area contributed by atoms with E-state index in [1.807, 2.05) is 49.4 Å². The molecule has 0 aromatic heterocycles. The van der Waals surface area contributed by atoms with Gasteiger partial charge in [-0.1, -0.05) is 90.3 Å². The fourth-order valence-electron chi connectivity index (χ4n) is 3.70. The number of carbonyl (C=O) groups is 2. The zero-order valence-electron chi connectivity index (χ0n) is 20.1. The van der Waals surface area contributed by atoms with Gasteiger partial charge in [-0.25, -0.2) is 0 Å². The third-order valence-corrected chi connectivity index (χ3v) is 7.52. The second-order valence-electron chi connectivity index (χ2n) is 8.34. The molecule has 2 amide bonds. The van der Waals surface area contributed by atoms with Crippen molar-refractivity contribution in [2.24, 2.45) is 0 Å². The molecule has 190 valence electrons. The van der Waals surface area contributed by atoms with Crippen molar-refractivity contribution in [2.75, 3.05) is 12.3 Å². The van der Waals surface area contributed by atoms with Crippen LogP contribution in [-0.4, -0.2) is 35.1 Å². The van der Waals surface area contributed by atoms with Crippen LogP contribution in [0.5, 0.6) is 0 Å². The Morgan fingerprint density at radius 3 is 2.19 bits per heavy atom. The minimum absolute atomic E-state index is 0.134. The Labute approximate surface area is 232 Å². The molecule has 3 rings (SSSR count). The second kappa shape index (κ2) is 14.5. The van der Waals surface area contributed by atoms with Crippen molar-refractivity contribution in [1.82, 2.24) is 10.2 Å². The lowest BCUT2D eigenvalue weighted by Gasteiger charge is -2.31. The Bertz CT molecular complexity index is 1120. The molecular weight excluding hydrogens is 535 g/mol. The summed E-state index contributed by atoms with van der Waals surface area (Å²) in [5.41, 5.74) is 2.68. The molecule has 0 saturated heterocycles. The van der Waals surface area contributed by atoms with Gasteiger partial charge in [0.25, 0.3) is 0 Å². The molecule has 0 aliphatic carbocycles. The maximum atomic E-state index is 13.6. The summed E-state index contributed by atoms with van der Waals surface area (Å²) in [6.07, 6.45) is 1.22. The highest BCUT2D eigenvalue weighted by atomic mass is 35.5. The van der Waals surface area contributed by atoms with E-state index in [0.717, 1.165) is 23.1 Å². The highest BCUT2D eigenvalue weighted by Gasteiger charge is 2.30. The molecule has 8 heteroatoms. The van der Waals surface area contributed by atoms with Crippen molar-refractivity contribution >= 4 is 58.4 Å². The first kappa shape index (κ1) is 28.4. The van der Waals surface area contributed by atoms with E-state index < -0.39 is 6.04 Å². The Morgan fingerprint density at radius 1 is 0.889 bits per heavy atom. The normalized spacial score (nSPS) is 11.7. The van der Waals surface area contributed by atoms with Crippen LogP contribution < -0.4 is 5.32 Å². The van der Waals surface area contributed by atoms with Crippen molar-refractivity contribution in [1.29, 1.82) is 0 Å². The third-order valence-electron chi connectivity index (χ3n) is 5.62. The van der Waals surface area contributed by atoms with Gasteiger partial charge in [-0.05, 0) is 47.4 Å². The van der Waals surface area contributed by atoms with Crippen LogP contribution in [-0.2, 0) is 28.3 Å². The van der Waals surface area contributed by atoms with Gasteiger partial charge >= 0.3 is 0 Å². The van der Waals surface area contributed by atoms with Gasteiger partial charge in [0.15, 0.2) is 0 Å². The number of benzene rings is 3. The van der Waals surface area contributed by atoms with E-state index in [2.05, 4.69) is 5.32 Å². The monoisotopic (exact) mass is 562 g/mol. The number of thioether (sulfide) groups is 1. The lowest BCUT2D eigenvalue weighted by molar-refractivity contribution is -0.139. The topological polar surface area (TPSA) is 49.4 Å². The zero-order chi connectivity index (χ0) is 25.9. The van der Waals surface area contributed by atoms with Crippen LogP contribution in [0.2, 0.25) is 15.1 Å². The van der Waals surface area contributed by atoms with Crippen molar-refractivity contribution < 1.29 is 9.59 Å². The first-order valence-electron chi connectivity index (χ1n) is 11.7. The average Bonchev–Trinajstić information content (AvgIpc) is 2.88. The van der Waals surface area contributed by atoms with Crippen molar-refractivity contribution in [3.05, 3.63) is 105 Å². The van der Waals surface area contributed by atoms with Crippen LogP contribution in [0.25, 0.3) is 0 Å². The molecular formula is C28H29Cl3N2O2S. The maximum absolute atomic E-state index is 13.6. The van der Waals surface area contributed by atoms with Gasteiger partial charge in [0.05, 0.1) is 5.75 Å². The highest BCUT2D eigenvalue weighted by molar-refractivity contribution is 7.99. The quantitative estimate of drug-likeness (QED) is 0.257. The predicted molar refractivity (Wildman–Crippen MR) is 152 cm³/mol. The maximum Gasteiger partial charge on any atom is 0.243 e. The molecule has 1 N–H and O–H groups in total. The number of nitrogens with one attached hydrogen (secondary N) is 1. The van der Waals surface area contributed by atoms with E-state index in [9.17, 15) is 9.59 Å². The van der Waals surface area contributed by atoms with Gasteiger partial charge in [0.2, 0.25) is 11.8 Å². The molecule has 1 unspecified atom stereocenters. The first-order chi connectivity index (χ1) is 17.4. The molecule has 0 bridgehead atoms. The molecule has 0 aliphatic heterocycles. The molecule has 4 nitrogen and oxygen atoms in total. The van der Waals surface area contributed by atoms with Crippen LogP contribution in [0.15, 0.2) is 72.8 Å². The summed E-state index contributed by atoms with van der Waals surface area (Å²) in [4.78, 5) is 28.6. The molecule has 0 aliphatic rings. The van der Waals surface area contributed by atoms with Gasteiger partial charge in [0, 0.05) is 40.3 Å². The van der Waals surface area contributed by atoms with Gasteiger partial charge in [-0.15, -0.1) is 11.8 Å². The van der Waals surface area contributed by atoms with Crippen LogP contribution in [0.3, 0.4) is 0 Å². The molecule has 36 heavy (non-hydrogen) atoms. The van der Waals surface area contributed by atoms with Crippen LogP contribution in [0, 0.1) is 0 Å². The summed E-state index contributed by atoms with van der Waals surface area (Å²) in [5, 5.41) is 4.74. The van der Waals surface area contributed by atoms with Crippen LogP contribution in [0.1, 0.15) is 30.0 Å². The zero-order valence-corrected chi connectivity index (χ0v) is 23.1. The Hall–Kier alpha value is -2.18. The van der Waals surface area contributed by atoms with E-state index in [1.54, 1.807) is 35.2 Å². The third kappa shape index (κ3) is 8.45. The molecule has 3 aromatic carbocycles. The summed E-state index contributed by atoms with van der Waals surface area (Å²) < 4.78 is 0. The summed E-state index contributed by atoms with van der Waals surface area (Å²) in [7, 11) is 0. The number of carbonyl (C=O) groups excluding carboxylic acids is 2. The minimum Gasteiger partial charge on any atom is -0.354 e. The number of halogens is 3. The second-order valence-corrected chi connectivity index (χ2v) is 10.6. The lowest BCUT2D eigenvalue weighted by Crippen LogP contribution is -2.51. The fraction of sp³-hybridized carbons (Fsp3) is 0.286. The van der Waals surface area contributed by atoms with Gasteiger partial charge in [-0.3, -0.25) is 9.59 Å². The molecule has 0 fully saturated rings. The van der Waals surface area contributed by atoms with Gasteiger partial charge < -0.3 is 10.2 Å². The number of rotatable bonds is 12. The lowest BCUT2D eigenvalue weighted by atomic mass is 10.0.